The molecule has 0 aliphatic heterocycles. The molecule has 16 unspecified atom stereocenters. The van der Waals surface area contributed by atoms with Gasteiger partial charge in [0.2, 0.25) is 22.8 Å². The fourth-order valence-corrected chi connectivity index (χ4v) is 22.8. The number of furan rings is 1. The third kappa shape index (κ3) is 24.5. The van der Waals surface area contributed by atoms with Gasteiger partial charge in [-0.3, -0.25) is 0 Å². The van der Waals surface area contributed by atoms with Crippen molar-refractivity contribution in [2.45, 2.75) is 261 Å². The second-order valence-corrected chi connectivity index (χ2v) is 38.9. The molecule has 6 nitrogen and oxygen atoms in total. The van der Waals surface area contributed by atoms with Gasteiger partial charge in [-0.25, -0.2) is 27.5 Å². The van der Waals surface area contributed by atoms with E-state index in [-0.39, 0.29) is 116 Å². The van der Waals surface area contributed by atoms with E-state index in [1.807, 2.05) is 50.2 Å². The molecule has 0 saturated heterocycles. The van der Waals surface area contributed by atoms with Crippen molar-refractivity contribution in [2.75, 3.05) is 0 Å². The predicted octanol–water partition coefficient (Wildman–Crippen LogP) is 31.5. The minimum atomic E-state index is -0.172. The first-order valence-corrected chi connectivity index (χ1v) is 45.4. The summed E-state index contributed by atoms with van der Waals surface area (Å²) in [5.74, 6) is 13.8. The summed E-state index contributed by atoms with van der Waals surface area (Å²) in [5.41, 5.74) is 28.8. The Balaban J connectivity index is 0.000000587. The Morgan fingerprint density at radius 2 is 0.722 bits per heavy atom. The molecule has 6 aliphatic rings. The number of aryl methyl sites for hydroxylation is 12. The zero-order valence-corrected chi connectivity index (χ0v) is 92.0. The van der Waals surface area contributed by atoms with Crippen molar-refractivity contribution in [3.05, 3.63) is 256 Å². The summed E-state index contributed by atoms with van der Waals surface area (Å²) in [6.07, 6.45) is 25.2. The third-order valence-electron chi connectivity index (χ3n) is 31.8. The van der Waals surface area contributed by atoms with E-state index in [0.29, 0.717) is 76.4 Å². The molecule has 5 aromatic carbocycles. The predicted molar refractivity (Wildman–Crippen MR) is 526 cm³/mol. The van der Waals surface area contributed by atoms with Crippen LogP contribution in [0.3, 0.4) is 0 Å². The van der Waals surface area contributed by atoms with E-state index in [0.717, 1.165) is 120 Å². The van der Waals surface area contributed by atoms with Gasteiger partial charge in [-0.2, -0.15) is 5.26 Å². The zero-order valence-electron chi connectivity index (χ0n) is 84.3. The van der Waals surface area contributed by atoms with Crippen LogP contribution in [0.25, 0.3) is 78.1 Å². The van der Waals surface area contributed by atoms with Gasteiger partial charge in [-0.1, -0.05) is 193 Å². The van der Waals surface area contributed by atoms with Gasteiger partial charge in [0, 0.05) is 68.5 Å². The number of hydrogen-bond donors (Lipinski definition) is 0. The summed E-state index contributed by atoms with van der Waals surface area (Å²) in [4.78, 5) is 4.54. The van der Waals surface area contributed by atoms with E-state index in [1.165, 1.54) is 137 Å². The Morgan fingerprint density at radius 3 is 1.10 bits per heavy atom. The molecule has 6 fully saturated rings. The van der Waals surface area contributed by atoms with E-state index in [1.54, 1.807) is 30.5 Å². The number of nitriles is 1. The SMILES string of the molecule is C1CCCC1.C1CCCC1.CC1CC(C)C(C)C1C.Cc1cc(F)ccc1-c1cc(C)c(C2C(C)C(C)C(C)C2C)c[n+]1C.Cc1cc(F)ccc1-c1cc(C)c(C2C(C)C(C)C(C)C2C)c[n+]1C.Cc1ccc(C#N)cc1-c1cc(-c2c(C)cc3c(oc4ncccc43)c2C)c(-c2c(C)cc(C3C(C)C(C)C(C)C3C)cc2C)c[n+]1C.[CH3-].[CH3-].[CH3-].[CH3-].[CH3-].[CH3-].[Os+2].[Os+2].[Os+2]. The molecular weight excluding hydrogens is 2080 g/mol. The monoisotopic (exact) mass is 2250 g/mol. The van der Waals surface area contributed by atoms with Crippen molar-refractivity contribution < 1.29 is 86.3 Å². The van der Waals surface area contributed by atoms with Gasteiger partial charge in [0.25, 0.3) is 0 Å². The van der Waals surface area contributed by atoms with Gasteiger partial charge in [-0.15, -0.1) is 0 Å². The average molecular weight is 2240 g/mol. The molecule has 5 aromatic heterocycles. The molecular formula is C115H164F2N5OOs3+3. The minimum Gasteiger partial charge on any atom is -0.437 e. The maximum atomic E-state index is 13.5. The van der Waals surface area contributed by atoms with Crippen molar-refractivity contribution in [3.63, 3.8) is 0 Å². The summed E-state index contributed by atoms with van der Waals surface area (Å²) in [6, 6.07) is 36.6. The molecule has 11 heteroatoms. The Labute approximate surface area is 808 Å². The van der Waals surface area contributed by atoms with Gasteiger partial charge in [0.05, 0.1) is 22.8 Å². The first-order chi connectivity index (χ1) is 55.5. The van der Waals surface area contributed by atoms with Crippen LogP contribution in [-0.2, 0) is 80.5 Å². The molecule has 126 heavy (non-hydrogen) atoms. The maximum absolute atomic E-state index is 13.5. The molecule has 690 valence electrons. The van der Waals surface area contributed by atoms with Crippen molar-refractivity contribution in [1.82, 2.24) is 4.98 Å². The van der Waals surface area contributed by atoms with Gasteiger partial charge in [0.1, 0.15) is 38.4 Å². The van der Waals surface area contributed by atoms with Crippen molar-refractivity contribution in [3.8, 4) is 62.1 Å². The van der Waals surface area contributed by atoms with Crippen LogP contribution in [0.4, 0.5) is 8.78 Å². The van der Waals surface area contributed by atoms with Gasteiger partial charge < -0.3 is 49.0 Å². The Hall–Kier alpha value is -6.24. The Kier molecular flexibility index (Phi) is 45.8. The van der Waals surface area contributed by atoms with E-state index < -0.39 is 0 Å². The third-order valence-corrected chi connectivity index (χ3v) is 31.8. The standard InChI is InChI=1S/C44H46N3O.2C23H31FN.C9H18.2C5H10.6CH3.3Os/c1-23-13-14-32(21-45)19-35(23)39-20-36(41-26(4)18-37-34-12-11-15-46-44(34)48-43(37)31(41)9)38(22-47(39)10)40-24(2)16-33(17-25(40)3)42-29(7)27(5)28(6)30(42)8;2*1-13-10-19(24)8-9-20(13)22-11-14(2)21(12-25(22)7)23-17(5)15(3)16(4)18(23)6;1-6-5-7(2)9(4)8(6)3;2*1-2-4-5-3-1;;;;;;;;;/h11-20,22,27-30,42H,1-10H3;2*8-12,15-18,23H,1-7H3;6-9H,5H2,1-4H3;2*1-5H2;6*1H3;;;/q3*+1;;;;6*-1;3*+2. The largest absolute Gasteiger partial charge is 2.00 e. The van der Waals surface area contributed by atoms with E-state index >= 15 is 0 Å². The molecule has 16 rings (SSSR count). The summed E-state index contributed by atoms with van der Waals surface area (Å²) < 4.78 is 40.0. The normalized spacial score (nSPS) is 25.2. The van der Waals surface area contributed by atoms with Crippen LogP contribution < -0.4 is 13.7 Å². The number of halogens is 2. The number of pyridine rings is 4. The van der Waals surface area contributed by atoms with Crippen LogP contribution in [-0.4, -0.2) is 4.98 Å². The molecule has 0 amide bonds. The van der Waals surface area contributed by atoms with Crippen LogP contribution in [0.15, 0.2) is 132 Å². The number of aromatic nitrogens is 4. The summed E-state index contributed by atoms with van der Waals surface area (Å²) in [7, 11) is 6.34. The van der Waals surface area contributed by atoms with Gasteiger partial charge in [-0.05, 0) is 309 Å². The molecule has 6 saturated carbocycles. The molecule has 10 aromatic rings. The average Bonchev–Trinajstić information content (AvgIpc) is 1.46. The Bertz CT molecular complexity index is 4980. The zero-order chi connectivity index (χ0) is 85.2. The smallest absolute Gasteiger partial charge is 0.437 e. The summed E-state index contributed by atoms with van der Waals surface area (Å²) in [6.45, 7) is 58.0. The van der Waals surface area contributed by atoms with Crippen LogP contribution >= 0.6 is 0 Å². The number of hydrogen-bond acceptors (Lipinski definition) is 3. The first-order valence-electron chi connectivity index (χ1n) is 45.4. The van der Waals surface area contributed by atoms with Crippen LogP contribution in [0.2, 0.25) is 0 Å². The molecule has 0 spiro atoms. The fraction of sp³-hybridized carbons (Fsp3) is 0.504. The fourth-order valence-electron chi connectivity index (χ4n) is 22.8. The number of nitrogens with zero attached hydrogens (tertiary/aromatic N) is 5. The molecule has 0 bridgehead atoms. The second-order valence-electron chi connectivity index (χ2n) is 38.9. The van der Waals surface area contributed by atoms with Crippen molar-refractivity contribution >= 4 is 22.1 Å². The Morgan fingerprint density at radius 1 is 0.349 bits per heavy atom. The molecule has 16 atom stereocenters. The second kappa shape index (κ2) is 49.8. The maximum Gasteiger partial charge on any atom is 2.00 e. The van der Waals surface area contributed by atoms with E-state index in [9.17, 15) is 14.0 Å². The quantitative estimate of drug-likeness (QED) is 0.112. The molecule has 0 N–H and O–H groups in total. The van der Waals surface area contributed by atoms with E-state index in [2.05, 4.69) is 266 Å². The number of rotatable bonds is 8. The van der Waals surface area contributed by atoms with Crippen molar-refractivity contribution in [2.24, 2.45) is 116 Å². The topological polar surface area (TPSA) is 61.5 Å². The van der Waals surface area contributed by atoms with Crippen molar-refractivity contribution in [1.29, 1.82) is 5.26 Å². The van der Waals surface area contributed by atoms with Gasteiger partial charge >= 0.3 is 59.4 Å². The summed E-state index contributed by atoms with van der Waals surface area (Å²) in [5, 5.41) is 11.9. The number of benzene rings is 5. The molecule has 0 radical (unpaired) electrons. The minimum absolute atomic E-state index is 0. The number of fused-ring (bicyclic) bond motifs is 3. The summed E-state index contributed by atoms with van der Waals surface area (Å²) >= 11 is 0. The van der Waals surface area contributed by atoms with Crippen LogP contribution in [0, 0.1) is 225 Å². The van der Waals surface area contributed by atoms with Crippen LogP contribution in [0.1, 0.15) is 271 Å². The molecule has 5 heterocycles. The van der Waals surface area contributed by atoms with Gasteiger partial charge in [0.15, 0.2) is 18.6 Å². The van der Waals surface area contributed by atoms with E-state index in [4.69, 9.17) is 4.42 Å². The first kappa shape index (κ1) is 116. The van der Waals surface area contributed by atoms with Crippen LogP contribution in [0.5, 0.6) is 0 Å². The molecule has 6 aliphatic carbocycles.